The molecule has 0 bridgehead atoms. The second-order valence-corrected chi connectivity index (χ2v) is 8.83. The smallest absolute Gasteiger partial charge is 0.261 e. The van der Waals surface area contributed by atoms with Gasteiger partial charge in [-0.3, -0.25) is 25.3 Å². The predicted octanol–water partition coefficient (Wildman–Crippen LogP) is 0.548. The number of aliphatic imine (C=N–C) groups is 2. The number of amides is 1. The largest absolute Gasteiger partial charge is 0.491 e. The molecule has 1 amide bonds. The summed E-state index contributed by atoms with van der Waals surface area (Å²) in [5, 5.41) is 16.4. The minimum atomic E-state index is -0.837. The molecule has 2 aliphatic rings. The lowest BCUT2D eigenvalue weighted by Crippen LogP contribution is -2.47. The number of methoxy groups -OCH3 is 1. The average molecular weight is 532 g/mol. The molecular weight excluding hydrogens is 502 g/mol. The van der Waals surface area contributed by atoms with Gasteiger partial charge in [-0.05, 0) is 17.7 Å². The van der Waals surface area contributed by atoms with Gasteiger partial charge in [0.1, 0.15) is 24.2 Å². The second kappa shape index (κ2) is 11.4. The SMILES string of the molecule is COc1c(OC[C@@H](O)CN[C@@H](N)c2ccccc2)ccc2c1N=C(NC(=O)c1cnc(N)nc1)N1CCN=C21. The molecule has 2 atom stereocenters. The molecule has 0 radical (unpaired) electrons. The van der Waals surface area contributed by atoms with Crippen LogP contribution in [-0.4, -0.2) is 77.1 Å². The summed E-state index contributed by atoms with van der Waals surface area (Å²) in [4.78, 5) is 31.7. The van der Waals surface area contributed by atoms with Crippen LogP contribution in [0.5, 0.6) is 11.5 Å². The van der Waals surface area contributed by atoms with Crippen molar-refractivity contribution in [1.82, 2.24) is 25.5 Å². The Bertz CT molecular complexity index is 1400. The Hall–Kier alpha value is -4.59. The monoisotopic (exact) mass is 531 g/mol. The predicted molar refractivity (Wildman–Crippen MR) is 145 cm³/mol. The first-order chi connectivity index (χ1) is 18.9. The Morgan fingerprint density at radius 3 is 2.69 bits per heavy atom. The van der Waals surface area contributed by atoms with Crippen LogP contribution in [0.4, 0.5) is 11.6 Å². The van der Waals surface area contributed by atoms with E-state index in [-0.39, 0.29) is 30.6 Å². The Labute approximate surface area is 224 Å². The molecule has 7 N–H and O–H groups in total. The molecule has 39 heavy (non-hydrogen) atoms. The van der Waals surface area contributed by atoms with E-state index in [2.05, 4.69) is 25.6 Å². The van der Waals surface area contributed by atoms with Gasteiger partial charge in [-0.2, -0.15) is 0 Å². The Kier molecular flexibility index (Phi) is 7.63. The number of nitrogens with zero attached hydrogens (tertiary/aromatic N) is 5. The Morgan fingerprint density at radius 1 is 1.18 bits per heavy atom. The maximum Gasteiger partial charge on any atom is 0.261 e. The van der Waals surface area contributed by atoms with Gasteiger partial charge in [0.2, 0.25) is 11.9 Å². The highest BCUT2D eigenvalue weighted by molar-refractivity contribution is 6.20. The third kappa shape index (κ3) is 5.65. The zero-order valence-electron chi connectivity index (χ0n) is 21.2. The van der Waals surface area contributed by atoms with Crippen LogP contribution in [0.2, 0.25) is 0 Å². The van der Waals surface area contributed by atoms with Gasteiger partial charge in [0.05, 0.1) is 25.4 Å². The molecule has 0 saturated carbocycles. The fraction of sp³-hybridized carbons (Fsp3) is 0.269. The molecule has 3 aromatic rings. The molecule has 0 aliphatic carbocycles. The molecule has 0 fully saturated rings. The van der Waals surface area contributed by atoms with Crippen LogP contribution in [0.25, 0.3) is 0 Å². The lowest BCUT2D eigenvalue weighted by atomic mass is 10.1. The van der Waals surface area contributed by atoms with Crippen molar-refractivity contribution < 1.29 is 19.4 Å². The summed E-state index contributed by atoms with van der Waals surface area (Å²) in [5.74, 6) is 1.31. The molecule has 202 valence electrons. The van der Waals surface area contributed by atoms with Crippen LogP contribution in [-0.2, 0) is 0 Å². The van der Waals surface area contributed by atoms with Crippen molar-refractivity contribution in [3.8, 4) is 11.5 Å². The number of nitrogen functional groups attached to an aromatic ring is 1. The fourth-order valence-corrected chi connectivity index (χ4v) is 4.22. The summed E-state index contributed by atoms with van der Waals surface area (Å²) in [5.41, 5.74) is 14.0. The molecule has 0 spiro atoms. The second-order valence-electron chi connectivity index (χ2n) is 8.83. The van der Waals surface area contributed by atoms with Gasteiger partial charge in [0.15, 0.2) is 11.5 Å². The van der Waals surface area contributed by atoms with Gasteiger partial charge in [-0.15, -0.1) is 0 Å². The van der Waals surface area contributed by atoms with E-state index in [0.717, 1.165) is 11.1 Å². The topological polar surface area (TPSA) is 186 Å². The van der Waals surface area contributed by atoms with Crippen molar-refractivity contribution in [2.45, 2.75) is 12.3 Å². The number of hydrogen-bond donors (Lipinski definition) is 5. The van der Waals surface area contributed by atoms with Gasteiger partial charge in [0.25, 0.3) is 5.91 Å². The highest BCUT2D eigenvalue weighted by atomic mass is 16.5. The van der Waals surface area contributed by atoms with Gasteiger partial charge < -0.3 is 26.0 Å². The lowest BCUT2D eigenvalue weighted by Gasteiger charge is -2.28. The summed E-state index contributed by atoms with van der Waals surface area (Å²) in [6.45, 7) is 1.30. The van der Waals surface area contributed by atoms with E-state index in [9.17, 15) is 9.90 Å². The molecule has 3 heterocycles. The molecule has 0 unspecified atom stereocenters. The lowest BCUT2D eigenvalue weighted by molar-refractivity contribution is 0.0973. The number of rotatable bonds is 9. The minimum absolute atomic E-state index is 0.0127. The normalized spacial score (nSPS) is 15.4. The molecule has 0 saturated heterocycles. The van der Waals surface area contributed by atoms with Crippen LogP contribution in [0.3, 0.4) is 0 Å². The highest BCUT2D eigenvalue weighted by Gasteiger charge is 2.33. The van der Waals surface area contributed by atoms with Gasteiger partial charge in [-0.1, -0.05) is 30.3 Å². The third-order valence-electron chi connectivity index (χ3n) is 6.18. The highest BCUT2D eigenvalue weighted by Crippen LogP contribution is 2.43. The number of aromatic nitrogens is 2. The molecule has 2 aliphatic heterocycles. The van der Waals surface area contributed by atoms with Crippen molar-refractivity contribution in [1.29, 1.82) is 0 Å². The number of nitrogens with two attached hydrogens (primary N) is 2. The number of aliphatic hydroxyl groups is 1. The van der Waals surface area contributed by atoms with E-state index in [1.54, 1.807) is 6.07 Å². The summed E-state index contributed by atoms with van der Waals surface area (Å²) < 4.78 is 11.6. The van der Waals surface area contributed by atoms with Crippen LogP contribution in [0, 0.1) is 0 Å². The first-order valence-electron chi connectivity index (χ1n) is 12.3. The Morgan fingerprint density at radius 2 is 1.95 bits per heavy atom. The van der Waals surface area contributed by atoms with Crippen molar-refractivity contribution in [2.75, 3.05) is 39.1 Å². The number of carbonyl (C=O) groups is 1. The Balaban J connectivity index is 1.31. The number of anilines is 1. The minimum Gasteiger partial charge on any atom is -0.491 e. The summed E-state index contributed by atoms with van der Waals surface area (Å²) >= 11 is 0. The maximum absolute atomic E-state index is 12.8. The molecule has 1 aromatic heterocycles. The average Bonchev–Trinajstić information content (AvgIpc) is 3.46. The van der Waals surface area contributed by atoms with Gasteiger partial charge in [-0.25, -0.2) is 15.0 Å². The number of amidine groups is 1. The van der Waals surface area contributed by atoms with Crippen LogP contribution in [0.1, 0.15) is 27.7 Å². The van der Waals surface area contributed by atoms with E-state index in [1.807, 2.05) is 41.3 Å². The number of benzene rings is 2. The summed E-state index contributed by atoms with van der Waals surface area (Å²) in [6, 6.07) is 13.1. The maximum atomic E-state index is 12.8. The zero-order valence-corrected chi connectivity index (χ0v) is 21.2. The third-order valence-corrected chi connectivity index (χ3v) is 6.18. The first-order valence-corrected chi connectivity index (χ1v) is 12.3. The quantitative estimate of drug-likeness (QED) is 0.244. The number of ether oxygens (including phenoxy) is 2. The summed E-state index contributed by atoms with van der Waals surface area (Å²) in [7, 11) is 1.50. The van der Waals surface area contributed by atoms with Gasteiger partial charge in [0, 0.05) is 31.0 Å². The van der Waals surface area contributed by atoms with Crippen molar-refractivity contribution in [2.24, 2.45) is 15.7 Å². The fourth-order valence-electron chi connectivity index (χ4n) is 4.22. The van der Waals surface area contributed by atoms with E-state index < -0.39 is 18.2 Å². The molecular formula is C26H29N9O4. The van der Waals surface area contributed by atoms with E-state index in [1.165, 1.54) is 19.5 Å². The number of hydrogen-bond acceptors (Lipinski definition) is 12. The number of guanidine groups is 1. The van der Waals surface area contributed by atoms with Crippen molar-refractivity contribution >= 4 is 29.3 Å². The van der Waals surface area contributed by atoms with Gasteiger partial charge >= 0.3 is 0 Å². The zero-order chi connectivity index (χ0) is 27.4. The number of fused-ring (bicyclic) bond motifs is 3. The number of nitrogens with one attached hydrogen (secondary N) is 2. The number of carbonyl (C=O) groups excluding carboxylic acids is 1. The van der Waals surface area contributed by atoms with Crippen molar-refractivity contribution in [3.05, 3.63) is 71.5 Å². The molecule has 2 aromatic carbocycles. The molecule has 13 heteroatoms. The van der Waals surface area contributed by atoms with Crippen LogP contribution >= 0.6 is 0 Å². The number of aliphatic hydroxyl groups excluding tert-OH is 1. The first kappa shape index (κ1) is 26.0. The van der Waals surface area contributed by atoms with Crippen molar-refractivity contribution in [3.63, 3.8) is 0 Å². The molecule has 5 rings (SSSR count). The standard InChI is InChI=1S/C26H29N9O4/c1-38-21-19(39-14-17(36)13-30-22(27)15-5-3-2-4-6-15)8-7-18-20(21)33-26(35-10-9-29-23(18)35)34-24(37)16-11-31-25(28)32-12-16/h2-8,11-12,17,22,30,36H,9-10,13-14,27H2,1H3,(H2,28,31,32)(H,33,34,37)/t17-,22+/m0/s1. The summed E-state index contributed by atoms with van der Waals surface area (Å²) in [6.07, 6.45) is 1.42. The van der Waals surface area contributed by atoms with E-state index >= 15 is 0 Å². The van der Waals surface area contributed by atoms with E-state index in [4.69, 9.17) is 25.9 Å². The molecule has 13 nitrogen and oxygen atoms in total. The van der Waals surface area contributed by atoms with E-state index in [0.29, 0.717) is 36.1 Å². The van der Waals surface area contributed by atoms with Crippen LogP contribution in [0.15, 0.2) is 64.8 Å². The van der Waals surface area contributed by atoms with Crippen LogP contribution < -0.4 is 31.6 Å².